The van der Waals surface area contributed by atoms with Gasteiger partial charge in [0, 0.05) is 31.4 Å². The second kappa shape index (κ2) is 6.76. The van der Waals surface area contributed by atoms with Gasteiger partial charge >= 0.3 is 0 Å². The molecule has 0 saturated carbocycles. The van der Waals surface area contributed by atoms with E-state index < -0.39 is 0 Å². The van der Waals surface area contributed by atoms with Crippen molar-refractivity contribution in [2.75, 3.05) is 31.1 Å². The van der Waals surface area contributed by atoms with E-state index in [1.165, 1.54) is 37.2 Å². The van der Waals surface area contributed by atoms with Gasteiger partial charge in [0.25, 0.3) is 0 Å². The summed E-state index contributed by atoms with van der Waals surface area (Å²) in [6.07, 6.45) is 3.44. The molecule has 1 aromatic rings. The summed E-state index contributed by atoms with van der Waals surface area (Å²) in [5.41, 5.74) is 2.68. The van der Waals surface area contributed by atoms with Crippen LogP contribution in [0.4, 0.5) is 5.69 Å². The Hall–Kier alpha value is -1.06. The number of hydrogen-bond donors (Lipinski definition) is 2. The molecule has 2 N–H and O–H groups in total. The van der Waals surface area contributed by atoms with E-state index in [1.54, 1.807) is 0 Å². The topological polar surface area (TPSA) is 35.5 Å². The average molecular weight is 248 g/mol. The molecule has 1 atom stereocenters. The van der Waals surface area contributed by atoms with Crippen LogP contribution in [-0.4, -0.2) is 31.3 Å². The molecule has 2 rings (SSSR count). The van der Waals surface area contributed by atoms with E-state index in [0.29, 0.717) is 6.04 Å². The first-order chi connectivity index (χ1) is 8.81. The lowest BCUT2D eigenvalue weighted by atomic mass is 10.1. The van der Waals surface area contributed by atoms with Crippen LogP contribution < -0.4 is 10.2 Å². The minimum Gasteiger partial charge on any atom is -0.396 e. The van der Waals surface area contributed by atoms with Gasteiger partial charge in [-0.3, -0.25) is 0 Å². The fourth-order valence-corrected chi connectivity index (χ4v) is 2.48. The fraction of sp³-hybridized carbons (Fsp3) is 0.600. The van der Waals surface area contributed by atoms with Crippen LogP contribution in [0.5, 0.6) is 0 Å². The van der Waals surface area contributed by atoms with Crippen LogP contribution in [0.3, 0.4) is 0 Å². The molecule has 1 unspecified atom stereocenters. The van der Waals surface area contributed by atoms with Crippen molar-refractivity contribution in [1.82, 2.24) is 5.32 Å². The summed E-state index contributed by atoms with van der Waals surface area (Å²) in [6.45, 7) is 5.69. The van der Waals surface area contributed by atoms with Gasteiger partial charge in [0.15, 0.2) is 0 Å². The van der Waals surface area contributed by atoms with Crippen LogP contribution >= 0.6 is 0 Å². The molecule has 3 nitrogen and oxygen atoms in total. The second-order valence-electron chi connectivity index (χ2n) is 5.04. The molecule has 0 aromatic heterocycles. The first-order valence-electron chi connectivity index (χ1n) is 7.00. The highest BCUT2D eigenvalue weighted by Crippen LogP contribution is 2.23. The van der Waals surface area contributed by atoms with E-state index in [9.17, 15) is 0 Å². The lowest BCUT2D eigenvalue weighted by Gasteiger charge is -2.20. The van der Waals surface area contributed by atoms with Crippen LogP contribution in [0.1, 0.15) is 37.8 Å². The van der Waals surface area contributed by atoms with Gasteiger partial charge in [-0.25, -0.2) is 0 Å². The van der Waals surface area contributed by atoms with Gasteiger partial charge in [0.1, 0.15) is 0 Å². The van der Waals surface area contributed by atoms with Crippen molar-refractivity contribution in [3.63, 3.8) is 0 Å². The predicted molar refractivity (Wildman–Crippen MR) is 76.0 cm³/mol. The molecular weight excluding hydrogens is 224 g/mol. The van der Waals surface area contributed by atoms with Crippen molar-refractivity contribution in [3.05, 3.63) is 29.8 Å². The fourth-order valence-electron chi connectivity index (χ4n) is 2.48. The Kier molecular flexibility index (Phi) is 5.02. The summed E-state index contributed by atoms with van der Waals surface area (Å²) in [6, 6.07) is 9.17. The Labute approximate surface area is 110 Å². The van der Waals surface area contributed by atoms with Gasteiger partial charge in [0.05, 0.1) is 0 Å². The van der Waals surface area contributed by atoms with E-state index >= 15 is 0 Å². The zero-order chi connectivity index (χ0) is 12.8. The standard InChI is InChI=1S/C15H24N2O/c1-13(16-8-5-11-18)14-6-4-7-15(12-14)17-9-2-3-10-17/h4,6-7,12-13,16,18H,2-3,5,8-11H2,1H3. The molecule has 0 radical (unpaired) electrons. The summed E-state index contributed by atoms with van der Waals surface area (Å²) in [5, 5.41) is 12.2. The molecule has 0 aliphatic carbocycles. The number of benzene rings is 1. The SMILES string of the molecule is CC(NCCCO)c1cccc(N2CCCC2)c1. The lowest BCUT2D eigenvalue weighted by Crippen LogP contribution is -2.22. The van der Waals surface area contributed by atoms with Gasteiger partial charge in [0.2, 0.25) is 0 Å². The normalized spacial score (nSPS) is 17.1. The highest BCUT2D eigenvalue weighted by atomic mass is 16.3. The number of aliphatic hydroxyl groups is 1. The largest absolute Gasteiger partial charge is 0.396 e. The number of nitrogens with zero attached hydrogens (tertiary/aromatic N) is 1. The third-order valence-corrected chi connectivity index (χ3v) is 3.63. The highest BCUT2D eigenvalue weighted by Gasteiger charge is 2.13. The molecule has 0 spiro atoms. The van der Waals surface area contributed by atoms with Crippen LogP contribution in [0.2, 0.25) is 0 Å². The molecule has 1 aliphatic rings. The Bertz CT molecular complexity index is 361. The molecule has 1 heterocycles. The van der Waals surface area contributed by atoms with Crippen LogP contribution in [0.25, 0.3) is 0 Å². The maximum absolute atomic E-state index is 8.79. The van der Waals surface area contributed by atoms with Crippen molar-refractivity contribution in [3.8, 4) is 0 Å². The zero-order valence-corrected chi connectivity index (χ0v) is 11.2. The predicted octanol–water partition coefficient (Wildman–Crippen LogP) is 2.32. The van der Waals surface area contributed by atoms with Crippen LogP contribution in [0.15, 0.2) is 24.3 Å². The summed E-state index contributed by atoms with van der Waals surface area (Å²) < 4.78 is 0. The first kappa shape index (κ1) is 13.4. The average Bonchev–Trinajstić information content (AvgIpc) is 2.93. The van der Waals surface area contributed by atoms with Crippen molar-refractivity contribution >= 4 is 5.69 Å². The number of hydrogen-bond acceptors (Lipinski definition) is 3. The molecule has 1 aromatic carbocycles. The van der Waals surface area contributed by atoms with Gasteiger partial charge in [-0.05, 0) is 50.4 Å². The third-order valence-electron chi connectivity index (χ3n) is 3.63. The van der Waals surface area contributed by atoms with Gasteiger partial charge < -0.3 is 15.3 Å². The number of anilines is 1. The molecule has 0 amide bonds. The Morgan fingerprint density at radius 1 is 1.33 bits per heavy atom. The zero-order valence-electron chi connectivity index (χ0n) is 11.2. The number of aliphatic hydroxyl groups excluding tert-OH is 1. The molecule has 0 bridgehead atoms. The summed E-state index contributed by atoms with van der Waals surface area (Å²) >= 11 is 0. The van der Waals surface area contributed by atoms with Crippen molar-refractivity contribution in [2.24, 2.45) is 0 Å². The van der Waals surface area contributed by atoms with E-state index in [2.05, 4.69) is 41.4 Å². The van der Waals surface area contributed by atoms with Crippen LogP contribution in [-0.2, 0) is 0 Å². The molecule has 18 heavy (non-hydrogen) atoms. The third kappa shape index (κ3) is 3.47. The quantitative estimate of drug-likeness (QED) is 0.758. The smallest absolute Gasteiger partial charge is 0.0443 e. The number of rotatable bonds is 6. The maximum atomic E-state index is 8.79. The van der Waals surface area contributed by atoms with Crippen LogP contribution in [0, 0.1) is 0 Å². The minimum absolute atomic E-state index is 0.257. The van der Waals surface area contributed by atoms with Gasteiger partial charge in [-0.1, -0.05) is 12.1 Å². The van der Waals surface area contributed by atoms with Gasteiger partial charge in [-0.2, -0.15) is 0 Å². The maximum Gasteiger partial charge on any atom is 0.0443 e. The minimum atomic E-state index is 0.257. The second-order valence-corrected chi connectivity index (χ2v) is 5.04. The summed E-state index contributed by atoms with van der Waals surface area (Å²) in [7, 11) is 0. The van der Waals surface area contributed by atoms with Gasteiger partial charge in [-0.15, -0.1) is 0 Å². The Morgan fingerprint density at radius 3 is 2.83 bits per heavy atom. The van der Waals surface area contributed by atoms with E-state index in [4.69, 9.17) is 5.11 Å². The van der Waals surface area contributed by atoms with E-state index in [0.717, 1.165) is 13.0 Å². The molecule has 1 aliphatic heterocycles. The highest BCUT2D eigenvalue weighted by molar-refractivity contribution is 5.49. The van der Waals surface area contributed by atoms with E-state index in [1.807, 2.05) is 0 Å². The Balaban J connectivity index is 1.97. The first-order valence-corrected chi connectivity index (χ1v) is 7.00. The summed E-state index contributed by atoms with van der Waals surface area (Å²) in [5.74, 6) is 0. The lowest BCUT2D eigenvalue weighted by molar-refractivity contribution is 0.284. The van der Waals surface area contributed by atoms with Crippen molar-refractivity contribution in [2.45, 2.75) is 32.2 Å². The molecule has 3 heteroatoms. The number of nitrogens with one attached hydrogen (secondary N) is 1. The molecular formula is C15H24N2O. The van der Waals surface area contributed by atoms with E-state index in [-0.39, 0.29) is 6.61 Å². The molecule has 1 fully saturated rings. The molecule has 1 saturated heterocycles. The Morgan fingerprint density at radius 2 is 2.11 bits per heavy atom. The summed E-state index contributed by atoms with van der Waals surface area (Å²) in [4.78, 5) is 2.46. The van der Waals surface area contributed by atoms with Crippen molar-refractivity contribution < 1.29 is 5.11 Å². The monoisotopic (exact) mass is 248 g/mol. The molecule has 100 valence electrons. The van der Waals surface area contributed by atoms with Crippen molar-refractivity contribution in [1.29, 1.82) is 0 Å².